The third-order valence-electron chi connectivity index (χ3n) is 2.42. The average molecular weight is 256 g/mol. The van der Waals surface area contributed by atoms with Gasteiger partial charge < -0.3 is 4.18 Å². The summed E-state index contributed by atoms with van der Waals surface area (Å²) in [6.45, 7) is 4.19. The number of benzene rings is 1. The van der Waals surface area contributed by atoms with Crippen LogP contribution in [0.5, 0.6) is 5.75 Å². The summed E-state index contributed by atoms with van der Waals surface area (Å²) in [4.78, 5) is 0. The zero-order valence-electron chi connectivity index (χ0n) is 10.7. The molecule has 0 aliphatic carbocycles. The van der Waals surface area contributed by atoms with Crippen LogP contribution in [0.15, 0.2) is 18.2 Å². The molecule has 17 heavy (non-hydrogen) atoms. The predicted molar refractivity (Wildman–Crippen MR) is 69.9 cm³/mol. The fraction of sp³-hybridized carbons (Fsp3) is 0.538. The molecule has 4 heteroatoms. The largest absolute Gasteiger partial charge is 0.382 e. The van der Waals surface area contributed by atoms with Crippen LogP contribution in [0, 0.1) is 0 Å². The minimum Gasteiger partial charge on any atom is -0.382 e. The molecular weight excluding hydrogens is 236 g/mol. The molecule has 0 unspecified atom stereocenters. The molecule has 1 rings (SSSR count). The summed E-state index contributed by atoms with van der Waals surface area (Å²) < 4.78 is 27.3. The Hall–Kier alpha value is -1.03. The molecule has 96 valence electrons. The topological polar surface area (TPSA) is 43.4 Å². The van der Waals surface area contributed by atoms with Crippen molar-refractivity contribution in [3.63, 3.8) is 0 Å². The zero-order chi connectivity index (χ0) is 12.9. The summed E-state index contributed by atoms with van der Waals surface area (Å²) in [6.07, 6.45) is 4.97. The number of aryl methyl sites for hydroxylation is 2. The highest BCUT2D eigenvalue weighted by Crippen LogP contribution is 2.23. The van der Waals surface area contributed by atoms with Gasteiger partial charge in [-0.25, -0.2) is 0 Å². The second-order valence-corrected chi connectivity index (χ2v) is 5.80. The highest BCUT2D eigenvalue weighted by molar-refractivity contribution is 7.86. The van der Waals surface area contributed by atoms with Crippen molar-refractivity contribution in [2.75, 3.05) is 6.26 Å². The zero-order valence-corrected chi connectivity index (χ0v) is 11.5. The summed E-state index contributed by atoms with van der Waals surface area (Å²) in [5.41, 5.74) is 2.21. The Morgan fingerprint density at radius 2 is 1.76 bits per heavy atom. The Morgan fingerprint density at radius 1 is 1.12 bits per heavy atom. The maximum atomic E-state index is 11.1. The lowest BCUT2D eigenvalue weighted by Gasteiger charge is -2.10. The molecule has 0 saturated heterocycles. The van der Waals surface area contributed by atoms with E-state index in [1.807, 2.05) is 12.1 Å². The van der Waals surface area contributed by atoms with Crippen LogP contribution in [0.4, 0.5) is 0 Å². The van der Waals surface area contributed by atoms with E-state index in [1.54, 1.807) is 6.07 Å². The van der Waals surface area contributed by atoms with Crippen LogP contribution in [-0.4, -0.2) is 14.7 Å². The van der Waals surface area contributed by atoms with E-state index >= 15 is 0 Å². The van der Waals surface area contributed by atoms with Gasteiger partial charge in [-0.1, -0.05) is 38.8 Å². The summed E-state index contributed by atoms with van der Waals surface area (Å²) in [5.74, 6) is 0.467. The molecule has 0 saturated carbocycles. The maximum absolute atomic E-state index is 11.1. The van der Waals surface area contributed by atoms with E-state index in [9.17, 15) is 8.42 Å². The molecule has 1 aromatic rings. The van der Waals surface area contributed by atoms with E-state index in [1.165, 1.54) is 5.56 Å². The van der Waals surface area contributed by atoms with Crippen LogP contribution in [0.3, 0.4) is 0 Å². The van der Waals surface area contributed by atoms with E-state index in [4.69, 9.17) is 4.18 Å². The van der Waals surface area contributed by atoms with Gasteiger partial charge in [0.25, 0.3) is 0 Å². The van der Waals surface area contributed by atoms with Gasteiger partial charge in [0, 0.05) is 0 Å². The molecule has 0 radical (unpaired) electrons. The molecule has 1 aromatic carbocycles. The highest BCUT2D eigenvalue weighted by atomic mass is 32.2. The van der Waals surface area contributed by atoms with Crippen LogP contribution in [0.25, 0.3) is 0 Å². The van der Waals surface area contributed by atoms with E-state index < -0.39 is 10.1 Å². The molecule has 3 nitrogen and oxygen atoms in total. The van der Waals surface area contributed by atoms with Crippen LogP contribution in [0.2, 0.25) is 0 Å². The second-order valence-electron chi connectivity index (χ2n) is 4.23. The van der Waals surface area contributed by atoms with E-state index in [0.29, 0.717) is 5.75 Å². The van der Waals surface area contributed by atoms with Crippen molar-refractivity contribution in [2.24, 2.45) is 0 Å². The lowest BCUT2D eigenvalue weighted by Crippen LogP contribution is -2.08. The first-order chi connectivity index (χ1) is 7.96. The summed E-state index contributed by atoms with van der Waals surface area (Å²) in [5, 5.41) is 0. The molecule has 0 aliphatic rings. The molecule has 0 fully saturated rings. The van der Waals surface area contributed by atoms with Crippen LogP contribution in [0.1, 0.15) is 37.8 Å². The molecule has 0 N–H and O–H groups in total. The fourth-order valence-electron chi connectivity index (χ4n) is 1.79. The Morgan fingerprint density at radius 3 is 2.29 bits per heavy atom. The Balaban J connectivity index is 3.03. The minimum atomic E-state index is -3.44. The van der Waals surface area contributed by atoms with Gasteiger partial charge in [0.15, 0.2) is 0 Å². The predicted octanol–water partition coefficient (Wildman–Crippen LogP) is 2.93. The van der Waals surface area contributed by atoms with Crippen LogP contribution in [-0.2, 0) is 23.0 Å². The first kappa shape index (κ1) is 14.0. The lowest BCUT2D eigenvalue weighted by molar-refractivity contribution is 0.489. The molecule has 0 aromatic heterocycles. The first-order valence-corrected chi connectivity index (χ1v) is 7.79. The maximum Gasteiger partial charge on any atom is 0.306 e. The number of hydrogen-bond acceptors (Lipinski definition) is 3. The highest BCUT2D eigenvalue weighted by Gasteiger charge is 2.10. The number of rotatable bonds is 6. The smallest absolute Gasteiger partial charge is 0.306 e. The molecule has 0 amide bonds. The molecular formula is C13H20O3S. The second kappa shape index (κ2) is 6.05. The third-order valence-corrected chi connectivity index (χ3v) is 2.91. The van der Waals surface area contributed by atoms with Crippen molar-refractivity contribution in [3.05, 3.63) is 29.3 Å². The van der Waals surface area contributed by atoms with Gasteiger partial charge in [0.05, 0.1) is 6.26 Å². The SMILES string of the molecule is CCCc1ccc(OS(C)(=O)=O)c(CCC)c1. The Bertz CT molecular complexity index is 464. The summed E-state index contributed by atoms with van der Waals surface area (Å²) >= 11 is 0. The van der Waals surface area contributed by atoms with Gasteiger partial charge in [-0.2, -0.15) is 8.42 Å². The van der Waals surface area contributed by atoms with Crippen molar-refractivity contribution in [1.29, 1.82) is 0 Å². The molecule has 0 aliphatic heterocycles. The first-order valence-electron chi connectivity index (χ1n) is 5.97. The van der Waals surface area contributed by atoms with Crippen molar-refractivity contribution < 1.29 is 12.6 Å². The van der Waals surface area contributed by atoms with Crippen LogP contribution < -0.4 is 4.18 Å². The molecule has 0 spiro atoms. The number of hydrogen-bond donors (Lipinski definition) is 0. The average Bonchev–Trinajstić information content (AvgIpc) is 2.21. The Labute approximate surface area is 104 Å². The van der Waals surface area contributed by atoms with Gasteiger partial charge in [-0.15, -0.1) is 0 Å². The lowest BCUT2D eigenvalue weighted by atomic mass is 10.0. The van der Waals surface area contributed by atoms with E-state index in [-0.39, 0.29) is 0 Å². The quantitative estimate of drug-likeness (QED) is 0.735. The van der Waals surface area contributed by atoms with Gasteiger partial charge in [0.1, 0.15) is 5.75 Å². The van der Waals surface area contributed by atoms with Crippen molar-refractivity contribution >= 4 is 10.1 Å². The normalized spacial score (nSPS) is 11.5. The molecule has 0 bridgehead atoms. The monoisotopic (exact) mass is 256 g/mol. The van der Waals surface area contributed by atoms with Gasteiger partial charge in [0.2, 0.25) is 0 Å². The summed E-state index contributed by atoms with van der Waals surface area (Å²) in [6, 6.07) is 5.74. The van der Waals surface area contributed by atoms with Gasteiger partial charge in [-0.3, -0.25) is 0 Å². The summed E-state index contributed by atoms with van der Waals surface area (Å²) in [7, 11) is -3.44. The van der Waals surface area contributed by atoms with Crippen LogP contribution >= 0.6 is 0 Å². The minimum absolute atomic E-state index is 0.467. The van der Waals surface area contributed by atoms with Crippen molar-refractivity contribution in [2.45, 2.75) is 39.5 Å². The Kier molecular flexibility index (Phi) is 5.00. The standard InChI is InChI=1S/C13H20O3S/c1-4-6-11-8-9-13(16-17(3,14)15)12(10-11)7-5-2/h8-10H,4-7H2,1-3H3. The van der Waals surface area contributed by atoms with Gasteiger partial charge >= 0.3 is 10.1 Å². The van der Waals surface area contributed by atoms with Crippen molar-refractivity contribution in [1.82, 2.24) is 0 Å². The van der Waals surface area contributed by atoms with E-state index in [0.717, 1.165) is 37.5 Å². The molecule has 0 atom stereocenters. The fourth-order valence-corrected chi connectivity index (χ4v) is 2.27. The van der Waals surface area contributed by atoms with Crippen molar-refractivity contribution in [3.8, 4) is 5.75 Å². The van der Waals surface area contributed by atoms with Gasteiger partial charge in [-0.05, 0) is 30.0 Å². The van der Waals surface area contributed by atoms with E-state index in [2.05, 4.69) is 13.8 Å². The molecule has 0 heterocycles. The third kappa shape index (κ3) is 4.77.